The normalized spacial score (nSPS) is 12.9. The van der Waals surface area contributed by atoms with Crippen molar-refractivity contribution in [1.29, 1.82) is 0 Å². The smallest absolute Gasteiger partial charge is 0.0541 e. The second kappa shape index (κ2) is 11.0. The topological polar surface area (TPSA) is 25.6 Å². The third-order valence-corrected chi connectivity index (χ3v) is 10.9. The Morgan fingerprint density at radius 2 is 0.922 bits per heavy atom. The molecule has 11 rings (SSSR count). The number of aromatic amines is 1. The molecule has 1 aliphatic carbocycles. The average Bonchev–Trinajstić information content (AvgIpc) is 3.85. The molecule has 0 radical (unpaired) electrons. The highest BCUT2D eigenvalue weighted by Gasteiger charge is 2.20. The molecule has 0 atom stereocenters. The minimum atomic E-state index is 1.05. The van der Waals surface area contributed by atoms with Crippen molar-refractivity contribution >= 4 is 60.6 Å². The van der Waals surface area contributed by atoms with E-state index >= 15 is 0 Å². The molecule has 0 bridgehead atoms. The van der Waals surface area contributed by atoms with Gasteiger partial charge in [0.15, 0.2) is 0 Å². The van der Waals surface area contributed by atoms with E-state index in [9.17, 15) is 0 Å². The zero-order valence-electron chi connectivity index (χ0n) is 28.0. The largest absolute Gasteiger partial charge is 0.355 e. The first-order valence-electron chi connectivity index (χ1n) is 17.8. The molecule has 1 N–H and O–H groups in total. The summed E-state index contributed by atoms with van der Waals surface area (Å²) >= 11 is 0. The second-order valence-corrected chi connectivity index (χ2v) is 13.8. The van der Waals surface area contributed by atoms with Crippen molar-refractivity contribution < 1.29 is 0 Å². The summed E-state index contributed by atoms with van der Waals surface area (Å²) in [6.07, 6.45) is 6.77. The van der Waals surface area contributed by atoms with Gasteiger partial charge in [-0.2, -0.15) is 0 Å². The van der Waals surface area contributed by atoms with Crippen LogP contribution >= 0.6 is 0 Å². The minimum absolute atomic E-state index is 1.05. The molecule has 1 aliphatic rings. The lowest BCUT2D eigenvalue weighted by molar-refractivity contribution is 0.888. The van der Waals surface area contributed by atoms with Crippen molar-refractivity contribution in [3.05, 3.63) is 175 Å². The number of para-hydroxylation sites is 3. The molecule has 10 aromatic rings. The first-order valence-corrected chi connectivity index (χ1v) is 17.8. The Kier molecular flexibility index (Phi) is 6.08. The molecule has 3 heteroatoms. The van der Waals surface area contributed by atoms with Crippen LogP contribution in [0.2, 0.25) is 0 Å². The molecule has 0 aliphatic heterocycles. The summed E-state index contributed by atoms with van der Waals surface area (Å²) in [6, 6.07) is 57.8. The average molecular weight is 652 g/mol. The fourth-order valence-corrected chi connectivity index (χ4v) is 8.54. The highest BCUT2D eigenvalue weighted by molar-refractivity contribution is 6.12. The van der Waals surface area contributed by atoms with Gasteiger partial charge < -0.3 is 14.1 Å². The molecule has 0 amide bonds. The van der Waals surface area contributed by atoms with Crippen molar-refractivity contribution in [2.45, 2.75) is 12.8 Å². The molecule has 0 fully saturated rings. The lowest BCUT2D eigenvalue weighted by Crippen LogP contribution is -2.02. The van der Waals surface area contributed by atoms with Gasteiger partial charge in [0.1, 0.15) is 0 Å². The molecule has 0 saturated carbocycles. The van der Waals surface area contributed by atoms with E-state index in [0.717, 1.165) is 23.9 Å². The highest BCUT2D eigenvalue weighted by atomic mass is 15.0. The van der Waals surface area contributed by atoms with Gasteiger partial charge in [0.2, 0.25) is 0 Å². The molecule has 7 aromatic carbocycles. The van der Waals surface area contributed by atoms with Crippen LogP contribution in [0.15, 0.2) is 164 Å². The minimum Gasteiger partial charge on any atom is -0.355 e. The van der Waals surface area contributed by atoms with Crippen molar-refractivity contribution in [2.75, 3.05) is 0 Å². The Morgan fingerprint density at radius 1 is 0.412 bits per heavy atom. The Hall–Kier alpha value is -6.58. The maximum Gasteiger partial charge on any atom is 0.0541 e. The predicted octanol–water partition coefficient (Wildman–Crippen LogP) is 12.7. The SMILES string of the molecule is C1=Cc2c(n(-c3ccccc3)c3ccc(-c4ccc5[nH]c6ccc(-c7ccc8c(c7)c7ccccc7n8-c7ccccc7)cc6c5c4)cc23)CC1. The molecule has 51 heavy (non-hydrogen) atoms. The number of nitrogens with one attached hydrogen (secondary N) is 1. The first-order chi connectivity index (χ1) is 25.3. The Morgan fingerprint density at radius 3 is 1.59 bits per heavy atom. The monoisotopic (exact) mass is 651 g/mol. The summed E-state index contributed by atoms with van der Waals surface area (Å²) in [7, 11) is 0. The Bertz CT molecular complexity index is 3010. The van der Waals surface area contributed by atoms with Gasteiger partial charge in [0.25, 0.3) is 0 Å². The number of fused-ring (bicyclic) bond motifs is 9. The molecule has 3 aromatic heterocycles. The molecular formula is C48H33N3. The van der Waals surface area contributed by atoms with Gasteiger partial charge in [-0.15, -0.1) is 0 Å². The van der Waals surface area contributed by atoms with Crippen LogP contribution in [0.1, 0.15) is 17.7 Å². The van der Waals surface area contributed by atoms with Crippen molar-refractivity contribution in [3.8, 4) is 33.6 Å². The lowest BCUT2D eigenvalue weighted by Gasteiger charge is -2.13. The second-order valence-electron chi connectivity index (χ2n) is 13.8. The van der Waals surface area contributed by atoms with Crippen LogP contribution in [-0.4, -0.2) is 14.1 Å². The molecule has 3 nitrogen and oxygen atoms in total. The summed E-state index contributed by atoms with van der Waals surface area (Å²) in [5.41, 5.74) is 16.1. The van der Waals surface area contributed by atoms with E-state index in [1.54, 1.807) is 0 Å². The van der Waals surface area contributed by atoms with Gasteiger partial charge in [-0.05, 0) is 114 Å². The third-order valence-electron chi connectivity index (χ3n) is 10.9. The number of rotatable bonds is 4. The zero-order chi connectivity index (χ0) is 33.5. The predicted molar refractivity (Wildman–Crippen MR) is 215 cm³/mol. The van der Waals surface area contributed by atoms with E-state index < -0.39 is 0 Å². The van der Waals surface area contributed by atoms with Gasteiger partial charge in [0.05, 0.1) is 16.6 Å². The number of benzene rings is 7. The Balaban J connectivity index is 1.04. The summed E-state index contributed by atoms with van der Waals surface area (Å²) < 4.78 is 4.83. The maximum absolute atomic E-state index is 3.69. The van der Waals surface area contributed by atoms with Crippen LogP contribution in [0.25, 0.3) is 94.2 Å². The quantitative estimate of drug-likeness (QED) is 0.196. The summed E-state index contributed by atoms with van der Waals surface area (Å²) in [6.45, 7) is 0. The first kappa shape index (κ1) is 28.3. The Labute approximate surface area is 295 Å². The lowest BCUT2D eigenvalue weighted by atomic mass is 9.97. The van der Waals surface area contributed by atoms with Crippen LogP contribution < -0.4 is 0 Å². The molecule has 240 valence electrons. The molecule has 0 spiro atoms. The van der Waals surface area contributed by atoms with Crippen LogP contribution in [0.4, 0.5) is 0 Å². The molecule has 3 heterocycles. The number of allylic oxidation sites excluding steroid dienone is 1. The standard InChI is InChI=1S/C48H33N3/c1-3-11-35(12-4-1)50-45-17-9-7-15-37(45)41-29-33(21-25-47(41)50)31-19-23-43-39(27-31)40-28-32(20-24-44(40)49-43)34-22-26-48-42(30-34)38-16-8-10-18-46(38)51(48)36-13-5-2-6-14-36/h1-9,11-17,19-30,49H,10,18H2. The van der Waals surface area contributed by atoms with E-state index in [1.807, 2.05) is 0 Å². The van der Waals surface area contributed by atoms with E-state index in [0.29, 0.717) is 0 Å². The van der Waals surface area contributed by atoms with Gasteiger partial charge in [-0.25, -0.2) is 0 Å². The number of hydrogen-bond donors (Lipinski definition) is 1. The number of H-pyrrole nitrogens is 1. The van der Waals surface area contributed by atoms with Crippen molar-refractivity contribution in [3.63, 3.8) is 0 Å². The number of hydrogen-bond acceptors (Lipinski definition) is 0. The van der Waals surface area contributed by atoms with E-state index in [-0.39, 0.29) is 0 Å². The number of nitrogens with zero attached hydrogens (tertiary/aromatic N) is 2. The highest BCUT2D eigenvalue weighted by Crippen LogP contribution is 2.39. The van der Waals surface area contributed by atoms with E-state index in [4.69, 9.17) is 0 Å². The zero-order valence-corrected chi connectivity index (χ0v) is 28.0. The maximum atomic E-state index is 3.69. The fourth-order valence-electron chi connectivity index (χ4n) is 8.54. The van der Waals surface area contributed by atoms with Crippen LogP contribution in [-0.2, 0) is 6.42 Å². The molecular weight excluding hydrogens is 619 g/mol. The van der Waals surface area contributed by atoms with Crippen LogP contribution in [0, 0.1) is 0 Å². The summed E-state index contributed by atoms with van der Waals surface area (Å²) in [5.74, 6) is 0. The summed E-state index contributed by atoms with van der Waals surface area (Å²) in [4.78, 5) is 3.69. The molecule has 0 unspecified atom stereocenters. The summed E-state index contributed by atoms with van der Waals surface area (Å²) in [5, 5.41) is 6.33. The van der Waals surface area contributed by atoms with E-state index in [2.05, 4.69) is 184 Å². The molecule has 0 saturated heterocycles. The van der Waals surface area contributed by atoms with Gasteiger partial charge in [0, 0.05) is 60.6 Å². The van der Waals surface area contributed by atoms with Crippen molar-refractivity contribution in [2.24, 2.45) is 0 Å². The van der Waals surface area contributed by atoms with Gasteiger partial charge in [-0.3, -0.25) is 0 Å². The fraction of sp³-hybridized carbons (Fsp3) is 0.0417. The van der Waals surface area contributed by atoms with Crippen LogP contribution in [0.5, 0.6) is 0 Å². The van der Waals surface area contributed by atoms with Crippen molar-refractivity contribution in [1.82, 2.24) is 14.1 Å². The van der Waals surface area contributed by atoms with Crippen LogP contribution in [0.3, 0.4) is 0 Å². The number of aromatic nitrogens is 3. The van der Waals surface area contributed by atoms with E-state index in [1.165, 1.54) is 88.4 Å². The third kappa shape index (κ3) is 4.31. The van der Waals surface area contributed by atoms with Gasteiger partial charge >= 0.3 is 0 Å². The van der Waals surface area contributed by atoms with Gasteiger partial charge in [-0.1, -0.05) is 91.0 Å².